The Balaban J connectivity index is 2.20. The topological polar surface area (TPSA) is 26.0 Å². The van der Waals surface area contributed by atoms with Crippen molar-refractivity contribution >= 4 is 0 Å². The van der Waals surface area contributed by atoms with Crippen LogP contribution in [0.1, 0.15) is 25.3 Å². The summed E-state index contributed by atoms with van der Waals surface area (Å²) in [6.07, 6.45) is 3.68. The van der Waals surface area contributed by atoms with Crippen LogP contribution in [0.2, 0.25) is 0 Å². The third-order valence-electron chi connectivity index (χ3n) is 2.41. The van der Waals surface area contributed by atoms with E-state index < -0.39 is 0 Å². The molecule has 0 radical (unpaired) electrons. The van der Waals surface area contributed by atoms with Crippen LogP contribution in [0.15, 0.2) is 30.3 Å². The Morgan fingerprint density at radius 1 is 1.23 bits per heavy atom. The van der Waals surface area contributed by atoms with Gasteiger partial charge in [-0.15, -0.1) is 0 Å². The van der Waals surface area contributed by atoms with Crippen LogP contribution in [0, 0.1) is 5.92 Å². The second-order valence-electron chi connectivity index (χ2n) is 3.72. The van der Waals surface area contributed by atoms with Gasteiger partial charge in [0.25, 0.3) is 0 Å². The molecule has 0 fully saturated rings. The summed E-state index contributed by atoms with van der Waals surface area (Å²) in [6, 6.07) is 10.6. The molecule has 0 aliphatic carbocycles. The van der Waals surface area contributed by atoms with Gasteiger partial charge in [-0.2, -0.15) is 0 Å². The van der Waals surface area contributed by atoms with Gasteiger partial charge in [0.05, 0.1) is 0 Å². The molecule has 1 aromatic carbocycles. The minimum Gasteiger partial charge on any atom is -0.330 e. The van der Waals surface area contributed by atoms with Gasteiger partial charge in [-0.05, 0) is 37.3 Å². The molecule has 1 heteroatoms. The summed E-state index contributed by atoms with van der Waals surface area (Å²) in [5.74, 6) is 0.670. The van der Waals surface area contributed by atoms with Gasteiger partial charge in [-0.1, -0.05) is 37.3 Å². The van der Waals surface area contributed by atoms with Crippen molar-refractivity contribution in [2.75, 3.05) is 6.54 Å². The summed E-state index contributed by atoms with van der Waals surface area (Å²) in [7, 11) is 0. The Bertz CT molecular complexity index is 218. The van der Waals surface area contributed by atoms with E-state index in [2.05, 4.69) is 37.3 Å². The van der Waals surface area contributed by atoms with E-state index in [1.54, 1.807) is 0 Å². The maximum Gasteiger partial charge on any atom is -0.00515 e. The smallest absolute Gasteiger partial charge is 0.00515 e. The molecule has 72 valence electrons. The maximum absolute atomic E-state index is 5.55. The minimum atomic E-state index is 0.670. The van der Waals surface area contributed by atoms with Crippen LogP contribution in [-0.2, 0) is 6.42 Å². The number of benzene rings is 1. The van der Waals surface area contributed by atoms with Gasteiger partial charge >= 0.3 is 0 Å². The molecule has 0 spiro atoms. The average molecular weight is 177 g/mol. The molecule has 0 heterocycles. The highest BCUT2D eigenvalue weighted by atomic mass is 14.5. The summed E-state index contributed by atoms with van der Waals surface area (Å²) in [5.41, 5.74) is 6.99. The van der Waals surface area contributed by atoms with Gasteiger partial charge in [0.1, 0.15) is 0 Å². The SMILES string of the molecule is CC(CN)CCCc1ccccc1. The Morgan fingerprint density at radius 2 is 1.92 bits per heavy atom. The van der Waals surface area contributed by atoms with Gasteiger partial charge < -0.3 is 5.73 Å². The highest BCUT2D eigenvalue weighted by molar-refractivity contribution is 5.14. The molecular formula is C12H19N. The lowest BCUT2D eigenvalue weighted by Gasteiger charge is -2.07. The first-order valence-corrected chi connectivity index (χ1v) is 5.07. The molecule has 0 aliphatic rings. The van der Waals surface area contributed by atoms with Crippen LogP contribution in [0.25, 0.3) is 0 Å². The van der Waals surface area contributed by atoms with E-state index in [0.29, 0.717) is 5.92 Å². The van der Waals surface area contributed by atoms with Crippen LogP contribution in [0.3, 0.4) is 0 Å². The van der Waals surface area contributed by atoms with Crippen molar-refractivity contribution in [3.8, 4) is 0 Å². The number of aryl methyl sites for hydroxylation is 1. The Morgan fingerprint density at radius 3 is 2.54 bits per heavy atom. The standard InChI is InChI=1S/C12H19N/c1-11(10-13)6-5-9-12-7-3-2-4-8-12/h2-4,7-8,11H,5-6,9-10,13H2,1H3. The van der Waals surface area contributed by atoms with E-state index in [4.69, 9.17) is 5.73 Å². The van der Waals surface area contributed by atoms with E-state index in [1.165, 1.54) is 24.8 Å². The minimum absolute atomic E-state index is 0.670. The molecule has 0 saturated carbocycles. The normalized spacial score (nSPS) is 12.8. The molecule has 0 amide bonds. The monoisotopic (exact) mass is 177 g/mol. The van der Waals surface area contributed by atoms with Crippen LogP contribution in [0.4, 0.5) is 0 Å². The van der Waals surface area contributed by atoms with Crippen LogP contribution >= 0.6 is 0 Å². The zero-order chi connectivity index (χ0) is 9.52. The number of rotatable bonds is 5. The quantitative estimate of drug-likeness (QED) is 0.735. The fraction of sp³-hybridized carbons (Fsp3) is 0.500. The van der Waals surface area contributed by atoms with Gasteiger partial charge in [-0.3, -0.25) is 0 Å². The first-order valence-electron chi connectivity index (χ1n) is 5.07. The molecule has 0 bridgehead atoms. The van der Waals surface area contributed by atoms with Gasteiger partial charge in [-0.25, -0.2) is 0 Å². The highest BCUT2D eigenvalue weighted by Gasteiger charge is 1.98. The van der Waals surface area contributed by atoms with Crippen LogP contribution in [0.5, 0.6) is 0 Å². The van der Waals surface area contributed by atoms with Crippen molar-refractivity contribution < 1.29 is 0 Å². The zero-order valence-electron chi connectivity index (χ0n) is 8.37. The lowest BCUT2D eigenvalue weighted by Crippen LogP contribution is -2.10. The third-order valence-corrected chi connectivity index (χ3v) is 2.41. The molecule has 0 aromatic heterocycles. The lowest BCUT2D eigenvalue weighted by atomic mass is 10.0. The molecule has 1 aromatic rings. The predicted molar refractivity (Wildman–Crippen MR) is 57.6 cm³/mol. The molecule has 1 unspecified atom stereocenters. The Hall–Kier alpha value is -0.820. The van der Waals surface area contributed by atoms with E-state index in [1.807, 2.05) is 0 Å². The van der Waals surface area contributed by atoms with Crippen molar-refractivity contribution in [2.45, 2.75) is 26.2 Å². The van der Waals surface area contributed by atoms with Crippen molar-refractivity contribution in [3.05, 3.63) is 35.9 Å². The van der Waals surface area contributed by atoms with E-state index in [-0.39, 0.29) is 0 Å². The summed E-state index contributed by atoms with van der Waals surface area (Å²) in [6.45, 7) is 3.03. The molecular weight excluding hydrogens is 158 g/mol. The highest BCUT2D eigenvalue weighted by Crippen LogP contribution is 2.08. The summed E-state index contributed by atoms with van der Waals surface area (Å²) in [5, 5.41) is 0. The van der Waals surface area contributed by atoms with Crippen LogP contribution < -0.4 is 5.73 Å². The fourth-order valence-electron chi connectivity index (χ4n) is 1.42. The third kappa shape index (κ3) is 4.09. The first-order chi connectivity index (χ1) is 6.33. The number of nitrogens with two attached hydrogens (primary N) is 1. The number of hydrogen-bond donors (Lipinski definition) is 1. The van der Waals surface area contributed by atoms with Crippen molar-refractivity contribution in [3.63, 3.8) is 0 Å². The van der Waals surface area contributed by atoms with Gasteiger partial charge in [0, 0.05) is 0 Å². The van der Waals surface area contributed by atoms with Crippen LogP contribution in [-0.4, -0.2) is 6.54 Å². The molecule has 0 aliphatic heterocycles. The predicted octanol–water partition coefficient (Wildman–Crippen LogP) is 2.60. The lowest BCUT2D eigenvalue weighted by molar-refractivity contribution is 0.520. The van der Waals surface area contributed by atoms with E-state index in [9.17, 15) is 0 Å². The summed E-state index contributed by atoms with van der Waals surface area (Å²) >= 11 is 0. The zero-order valence-corrected chi connectivity index (χ0v) is 8.37. The molecule has 1 rings (SSSR count). The van der Waals surface area contributed by atoms with Crippen molar-refractivity contribution in [1.82, 2.24) is 0 Å². The van der Waals surface area contributed by atoms with Crippen molar-refractivity contribution in [2.24, 2.45) is 11.7 Å². The summed E-state index contributed by atoms with van der Waals surface area (Å²) in [4.78, 5) is 0. The molecule has 1 atom stereocenters. The van der Waals surface area contributed by atoms with Crippen molar-refractivity contribution in [1.29, 1.82) is 0 Å². The average Bonchev–Trinajstić information content (AvgIpc) is 2.19. The molecule has 13 heavy (non-hydrogen) atoms. The van der Waals surface area contributed by atoms with Gasteiger partial charge in [0.15, 0.2) is 0 Å². The largest absolute Gasteiger partial charge is 0.330 e. The maximum atomic E-state index is 5.55. The fourth-order valence-corrected chi connectivity index (χ4v) is 1.42. The van der Waals surface area contributed by atoms with E-state index >= 15 is 0 Å². The molecule has 1 nitrogen and oxygen atoms in total. The first kappa shape index (κ1) is 10.3. The van der Waals surface area contributed by atoms with Gasteiger partial charge in [0.2, 0.25) is 0 Å². The second kappa shape index (κ2) is 5.76. The summed E-state index contributed by atoms with van der Waals surface area (Å²) < 4.78 is 0. The Labute approximate surface area is 81.0 Å². The molecule has 0 saturated heterocycles. The van der Waals surface area contributed by atoms with E-state index in [0.717, 1.165) is 6.54 Å². The Kier molecular flexibility index (Phi) is 4.55. The molecule has 2 N–H and O–H groups in total. The second-order valence-corrected chi connectivity index (χ2v) is 3.72. The number of hydrogen-bond acceptors (Lipinski definition) is 1.